The lowest BCUT2D eigenvalue weighted by molar-refractivity contribution is -0.140. The number of rotatable bonds is 10. The molecule has 196 valence electrons. The third-order valence-electron chi connectivity index (χ3n) is 5.64. The standard InChI is InChI=1S/C26H26Cl3N3O4S/c1-3-24(26(34)30-2)31(16-18-9-11-19(27)12-10-18)25(33)17-32(22-14-20(28)13-21(29)15-22)37(35,36)23-7-5-4-6-8-23/h4-15,24H,3,16-17H2,1-2H3,(H,30,34)/t24-/m0/s1. The van der Waals surface area contributed by atoms with Gasteiger partial charge in [0.2, 0.25) is 11.8 Å². The smallest absolute Gasteiger partial charge is 0.264 e. The molecule has 0 heterocycles. The summed E-state index contributed by atoms with van der Waals surface area (Å²) in [6.45, 7) is 1.25. The zero-order chi connectivity index (χ0) is 27.2. The number of carbonyl (C=O) groups excluding carboxylic acids is 2. The van der Waals surface area contributed by atoms with Gasteiger partial charge in [-0.2, -0.15) is 0 Å². The normalized spacial score (nSPS) is 12.0. The molecule has 0 aromatic heterocycles. The van der Waals surface area contributed by atoms with E-state index >= 15 is 0 Å². The Morgan fingerprint density at radius 1 is 0.892 bits per heavy atom. The summed E-state index contributed by atoms with van der Waals surface area (Å²) >= 11 is 18.4. The Hall–Kier alpha value is -2.78. The highest BCUT2D eigenvalue weighted by Crippen LogP contribution is 2.30. The van der Waals surface area contributed by atoms with Crippen molar-refractivity contribution in [2.45, 2.75) is 30.8 Å². The van der Waals surface area contributed by atoms with Gasteiger partial charge in [-0.15, -0.1) is 0 Å². The van der Waals surface area contributed by atoms with Crippen molar-refractivity contribution in [1.29, 1.82) is 0 Å². The molecule has 0 saturated carbocycles. The number of likely N-dealkylation sites (N-methyl/N-ethyl adjacent to an activating group) is 1. The van der Waals surface area contributed by atoms with Crippen LogP contribution in [0.3, 0.4) is 0 Å². The van der Waals surface area contributed by atoms with Gasteiger partial charge in [0.05, 0.1) is 10.6 Å². The summed E-state index contributed by atoms with van der Waals surface area (Å²) < 4.78 is 28.4. The van der Waals surface area contributed by atoms with E-state index in [0.29, 0.717) is 11.4 Å². The van der Waals surface area contributed by atoms with Crippen LogP contribution in [-0.4, -0.2) is 44.8 Å². The van der Waals surface area contributed by atoms with E-state index in [-0.39, 0.29) is 33.1 Å². The lowest BCUT2D eigenvalue weighted by Gasteiger charge is -2.33. The summed E-state index contributed by atoms with van der Waals surface area (Å²) in [5, 5.41) is 3.52. The summed E-state index contributed by atoms with van der Waals surface area (Å²) in [7, 11) is -2.72. The fourth-order valence-electron chi connectivity index (χ4n) is 3.80. The molecule has 7 nitrogen and oxygen atoms in total. The van der Waals surface area contributed by atoms with Crippen molar-refractivity contribution in [3.8, 4) is 0 Å². The molecule has 1 N–H and O–H groups in total. The van der Waals surface area contributed by atoms with Crippen molar-refractivity contribution in [2.75, 3.05) is 17.9 Å². The molecule has 2 amide bonds. The maximum absolute atomic E-state index is 13.8. The molecular weight excluding hydrogens is 557 g/mol. The topological polar surface area (TPSA) is 86.8 Å². The molecule has 1 atom stereocenters. The van der Waals surface area contributed by atoms with Gasteiger partial charge < -0.3 is 10.2 Å². The minimum Gasteiger partial charge on any atom is -0.357 e. The molecule has 0 aliphatic rings. The van der Waals surface area contributed by atoms with Gasteiger partial charge in [0, 0.05) is 28.7 Å². The fourth-order valence-corrected chi connectivity index (χ4v) is 5.86. The number of carbonyl (C=O) groups is 2. The first-order valence-corrected chi connectivity index (χ1v) is 13.9. The number of hydrogen-bond acceptors (Lipinski definition) is 4. The van der Waals surface area contributed by atoms with Crippen molar-refractivity contribution in [3.05, 3.63) is 93.4 Å². The number of hydrogen-bond donors (Lipinski definition) is 1. The van der Waals surface area contributed by atoms with E-state index in [1.807, 2.05) is 0 Å². The summed E-state index contributed by atoms with van der Waals surface area (Å²) in [4.78, 5) is 27.9. The van der Waals surface area contributed by atoms with Crippen molar-refractivity contribution >= 4 is 62.3 Å². The van der Waals surface area contributed by atoms with Crippen LogP contribution < -0.4 is 9.62 Å². The zero-order valence-electron chi connectivity index (χ0n) is 20.2. The largest absolute Gasteiger partial charge is 0.357 e. The molecule has 0 fully saturated rings. The molecule has 11 heteroatoms. The molecule has 0 radical (unpaired) electrons. The number of halogens is 3. The molecule has 0 unspecified atom stereocenters. The summed E-state index contributed by atoms with van der Waals surface area (Å²) in [5.41, 5.74) is 0.845. The molecule has 0 bridgehead atoms. The Balaban J connectivity index is 2.07. The predicted molar refractivity (Wildman–Crippen MR) is 148 cm³/mol. The number of nitrogens with one attached hydrogen (secondary N) is 1. The molecule has 3 rings (SSSR count). The monoisotopic (exact) mass is 581 g/mol. The van der Waals surface area contributed by atoms with Crippen molar-refractivity contribution < 1.29 is 18.0 Å². The number of sulfonamides is 1. The van der Waals surface area contributed by atoms with Gasteiger partial charge >= 0.3 is 0 Å². The van der Waals surface area contributed by atoms with E-state index < -0.39 is 28.5 Å². The van der Waals surface area contributed by atoms with Crippen molar-refractivity contribution in [2.24, 2.45) is 0 Å². The Morgan fingerprint density at radius 3 is 2.03 bits per heavy atom. The lowest BCUT2D eigenvalue weighted by atomic mass is 10.1. The van der Waals surface area contributed by atoms with Gasteiger partial charge in [0.1, 0.15) is 12.6 Å². The first-order valence-electron chi connectivity index (χ1n) is 11.4. The third-order valence-corrected chi connectivity index (χ3v) is 8.12. The molecule has 0 saturated heterocycles. The first kappa shape index (κ1) is 28.8. The van der Waals surface area contributed by atoms with Gasteiger partial charge in [0.25, 0.3) is 10.0 Å². The second kappa shape index (κ2) is 12.6. The Morgan fingerprint density at radius 2 is 1.49 bits per heavy atom. The van der Waals surface area contributed by atoms with Gasteiger partial charge in [-0.3, -0.25) is 13.9 Å². The Bertz CT molecular complexity index is 1330. The average molecular weight is 583 g/mol. The van der Waals surface area contributed by atoms with Gasteiger partial charge in [-0.05, 0) is 54.4 Å². The SMILES string of the molecule is CC[C@@H](C(=O)NC)N(Cc1ccc(Cl)cc1)C(=O)CN(c1cc(Cl)cc(Cl)c1)S(=O)(=O)c1ccccc1. The molecule has 3 aromatic carbocycles. The van der Waals surface area contributed by atoms with Gasteiger partial charge in [0.15, 0.2) is 0 Å². The number of nitrogens with zero attached hydrogens (tertiary/aromatic N) is 2. The van der Waals surface area contributed by atoms with E-state index in [4.69, 9.17) is 34.8 Å². The van der Waals surface area contributed by atoms with Crippen LogP contribution in [0, 0.1) is 0 Å². The van der Waals surface area contributed by atoms with Crippen LogP contribution in [-0.2, 0) is 26.2 Å². The van der Waals surface area contributed by atoms with Gasteiger partial charge in [-0.1, -0.05) is 72.1 Å². The minimum atomic E-state index is -4.20. The van der Waals surface area contributed by atoms with Crippen LogP contribution in [0.25, 0.3) is 0 Å². The van der Waals surface area contributed by atoms with Crippen LogP contribution in [0.5, 0.6) is 0 Å². The fraction of sp³-hybridized carbons (Fsp3) is 0.231. The molecule has 0 aliphatic heterocycles. The molecule has 37 heavy (non-hydrogen) atoms. The van der Waals surface area contributed by atoms with E-state index in [9.17, 15) is 18.0 Å². The third kappa shape index (κ3) is 7.17. The lowest BCUT2D eigenvalue weighted by Crippen LogP contribution is -2.51. The van der Waals surface area contributed by atoms with Gasteiger partial charge in [-0.25, -0.2) is 8.42 Å². The highest BCUT2D eigenvalue weighted by atomic mass is 35.5. The second-order valence-electron chi connectivity index (χ2n) is 8.14. The van der Waals surface area contributed by atoms with Crippen LogP contribution in [0.4, 0.5) is 5.69 Å². The number of benzene rings is 3. The molecule has 0 aliphatic carbocycles. The minimum absolute atomic E-state index is 0.0125. The maximum atomic E-state index is 13.8. The van der Waals surface area contributed by atoms with Crippen LogP contribution in [0.1, 0.15) is 18.9 Å². The molecular formula is C26H26Cl3N3O4S. The zero-order valence-corrected chi connectivity index (χ0v) is 23.3. The number of anilines is 1. The van der Waals surface area contributed by atoms with E-state index in [1.54, 1.807) is 49.4 Å². The predicted octanol–water partition coefficient (Wildman–Crippen LogP) is 5.40. The first-order chi connectivity index (χ1) is 17.6. The second-order valence-corrected chi connectivity index (χ2v) is 11.3. The Labute approximate surface area is 232 Å². The van der Waals surface area contributed by atoms with E-state index in [1.165, 1.54) is 42.3 Å². The van der Waals surface area contributed by atoms with Crippen LogP contribution in [0.2, 0.25) is 15.1 Å². The molecule has 0 spiro atoms. The summed E-state index contributed by atoms with van der Waals surface area (Å²) in [6, 6.07) is 18.0. The average Bonchev–Trinajstić information content (AvgIpc) is 2.87. The van der Waals surface area contributed by atoms with Crippen molar-refractivity contribution in [1.82, 2.24) is 10.2 Å². The number of amides is 2. The summed E-state index contributed by atoms with van der Waals surface area (Å²) in [6.07, 6.45) is 0.313. The van der Waals surface area contributed by atoms with E-state index in [2.05, 4.69) is 5.32 Å². The van der Waals surface area contributed by atoms with Crippen molar-refractivity contribution in [3.63, 3.8) is 0 Å². The summed E-state index contributed by atoms with van der Waals surface area (Å²) in [5.74, 6) is -0.950. The highest BCUT2D eigenvalue weighted by Gasteiger charge is 2.33. The van der Waals surface area contributed by atoms with Crippen LogP contribution in [0.15, 0.2) is 77.7 Å². The Kier molecular flexibility index (Phi) is 9.84. The van der Waals surface area contributed by atoms with E-state index in [0.717, 1.165) is 9.87 Å². The maximum Gasteiger partial charge on any atom is 0.264 e. The highest BCUT2D eigenvalue weighted by molar-refractivity contribution is 7.92. The molecule has 3 aromatic rings. The van der Waals surface area contributed by atoms with Crippen LogP contribution >= 0.6 is 34.8 Å². The quantitative estimate of drug-likeness (QED) is 0.347.